The lowest BCUT2D eigenvalue weighted by molar-refractivity contribution is -0.133. The quantitative estimate of drug-likeness (QED) is 0.586. The fourth-order valence-electron chi connectivity index (χ4n) is 3.40. The molecule has 0 spiro atoms. The topological polar surface area (TPSA) is 67.8 Å². The first-order valence-corrected chi connectivity index (χ1v) is 10.4. The lowest BCUT2D eigenvalue weighted by atomic mass is 10.1. The van der Waals surface area contributed by atoms with Crippen LogP contribution < -0.4 is 14.4 Å². The SMILES string of the molecule is COc1ccc(OCC(=O)N2CCN(c3ccc(-c4ccccc4Cl)nn3)CC2)cc1. The smallest absolute Gasteiger partial charge is 0.260 e. The number of ether oxygens (including phenoxy) is 2. The van der Waals surface area contributed by atoms with Crippen LogP contribution in [0.5, 0.6) is 11.5 Å². The number of rotatable bonds is 6. The van der Waals surface area contributed by atoms with Gasteiger partial charge in [-0.2, -0.15) is 0 Å². The number of amides is 1. The number of nitrogens with zero attached hydrogens (tertiary/aromatic N) is 4. The molecule has 1 saturated heterocycles. The molecule has 1 aliphatic heterocycles. The van der Waals surface area contributed by atoms with E-state index < -0.39 is 0 Å². The maximum absolute atomic E-state index is 12.5. The van der Waals surface area contributed by atoms with E-state index in [1.54, 1.807) is 31.4 Å². The Balaban J connectivity index is 1.29. The molecule has 3 aromatic rings. The molecule has 0 saturated carbocycles. The van der Waals surface area contributed by atoms with Gasteiger partial charge in [-0.15, -0.1) is 10.2 Å². The highest BCUT2D eigenvalue weighted by molar-refractivity contribution is 6.33. The van der Waals surface area contributed by atoms with Crippen LogP contribution in [0.15, 0.2) is 60.7 Å². The summed E-state index contributed by atoms with van der Waals surface area (Å²) in [6.07, 6.45) is 0. The molecule has 0 radical (unpaired) electrons. The average Bonchev–Trinajstić information content (AvgIpc) is 2.83. The second-order valence-electron chi connectivity index (χ2n) is 7.09. The van der Waals surface area contributed by atoms with Crippen LogP contribution in [0.4, 0.5) is 5.82 Å². The molecule has 4 rings (SSSR count). The molecule has 0 aliphatic carbocycles. The highest BCUT2D eigenvalue weighted by Gasteiger charge is 2.22. The van der Waals surface area contributed by atoms with Crippen LogP contribution in [0.25, 0.3) is 11.3 Å². The van der Waals surface area contributed by atoms with Crippen molar-refractivity contribution in [1.29, 1.82) is 0 Å². The van der Waals surface area contributed by atoms with E-state index in [4.69, 9.17) is 21.1 Å². The Hall–Kier alpha value is -3.32. The van der Waals surface area contributed by atoms with E-state index >= 15 is 0 Å². The molecule has 31 heavy (non-hydrogen) atoms. The van der Waals surface area contributed by atoms with Crippen LogP contribution in [-0.4, -0.2) is 60.9 Å². The average molecular weight is 439 g/mol. The predicted octanol–water partition coefficient (Wildman–Crippen LogP) is 3.53. The van der Waals surface area contributed by atoms with Crippen molar-refractivity contribution < 1.29 is 14.3 Å². The van der Waals surface area contributed by atoms with Crippen LogP contribution in [0.1, 0.15) is 0 Å². The van der Waals surface area contributed by atoms with Crippen LogP contribution in [0, 0.1) is 0 Å². The van der Waals surface area contributed by atoms with Crippen molar-refractivity contribution in [2.24, 2.45) is 0 Å². The van der Waals surface area contributed by atoms with Gasteiger partial charge in [0.15, 0.2) is 12.4 Å². The molecule has 1 amide bonds. The third-order valence-corrected chi connectivity index (χ3v) is 5.51. The molecule has 160 valence electrons. The molecule has 0 N–H and O–H groups in total. The summed E-state index contributed by atoms with van der Waals surface area (Å²) in [6.45, 7) is 2.61. The van der Waals surface area contributed by atoms with Gasteiger partial charge in [-0.05, 0) is 42.5 Å². The molecule has 0 unspecified atom stereocenters. The van der Waals surface area contributed by atoms with Crippen molar-refractivity contribution in [3.8, 4) is 22.8 Å². The minimum atomic E-state index is -0.0318. The normalized spacial score (nSPS) is 13.7. The maximum atomic E-state index is 12.5. The highest BCUT2D eigenvalue weighted by Crippen LogP contribution is 2.26. The Morgan fingerprint density at radius 2 is 1.65 bits per heavy atom. The van der Waals surface area contributed by atoms with Gasteiger partial charge in [0.2, 0.25) is 0 Å². The Morgan fingerprint density at radius 3 is 2.29 bits per heavy atom. The molecule has 1 fully saturated rings. The summed E-state index contributed by atoms with van der Waals surface area (Å²) in [5.74, 6) is 2.15. The van der Waals surface area contributed by atoms with Gasteiger partial charge in [-0.25, -0.2) is 0 Å². The van der Waals surface area contributed by atoms with Gasteiger partial charge in [-0.3, -0.25) is 4.79 Å². The standard InChI is InChI=1S/C23H23ClN4O3/c1-30-17-6-8-18(9-7-17)31-16-23(29)28-14-12-27(13-15-28)22-11-10-21(25-26-22)19-4-2-3-5-20(19)24/h2-11H,12-16H2,1H3. The number of hydrogen-bond donors (Lipinski definition) is 0. The Morgan fingerprint density at radius 1 is 0.935 bits per heavy atom. The van der Waals surface area contributed by atoms with E-state index in [0.29, 0.717) is 37.0 Å². The summed E-state index contributed by atoms with van der Waals surface area (Å²) in [5, 5.41) is 9.33. The molecular formula is C23H23ClN4O3. The van der Waals surface area contributed by atoms with E-state index in [1.165, 1.54) is 0 Å². The number of carbonyl (C=O) groups is 1. The number of methoxy groups -OCH3 is 1. The molecule has 2 heterocycles. The number of halogens is 1. The summed E-state index contributed by atoms with van der Waals surface area (Å²) in [6, 6.07) is 18.6. The molecular weight excluding hydrogens is 416 g/mol. The molecule has 1 aromatic heterocycles. The Labute approximate surface area is 186 Å². The molecule has 2 aromatic carbocycles. The first-order valence-electron chi connectivity index (χ1n) is 10.0. The molecule has 1 aliphatic rings. The van der Waals surface area contributed by atoms with E-state index in [0.717, 1.165) is 22.8 Å². The third kappa shape index (κ3) is 5.06. The number of anilines is 1. The van der Waals surface area contributed by atoms with Crippen LogP contribution in [0.3, 0.4) is 0 Å². The first-order chi connectivity index (χ1) is 15.1. The van der Waals surface area contributed by atoms with Crippen LogP contribution in [0.2, 0.25) is 5.02 Å². The van der Waals surface area contributed by atoms with Crippen LogP contribution in [-0.2, 0) is 4.79 Å². The minimum absolute atomic E-state index is 0.0126. The zero-order valence-corrected chi connectivity index (χ0v) is 18.0. The molecule has 7 nitrogen and oxygen atoms in total. The van der Waals surface area contributed by atoms with Gasteiger partial charge in [-0.1, -0.05) is 29.8 Å². The van der Waals surface area contributed by atoms with Crippen molar-refractivity contribution in [2.75, 3.05) is 44.8 Å². The zero-order valence-electron chi connectivity index (χ0n) is 17.2. The van der Waals surface area contributed by atoms with E-state index in [9.17, 15) is 4.79 Å². The van der Waals surface area contributed by atoms with E-state index in [2.05, 4.69) is 15.1 Å². The van der Waals surface area contributed by atoms with Crippen molar-refractivity contribution in [3.63, 3.8) is 0 Å². The number of piperazine rings is 1. The predicted molar refractivity (Wildman–Crippen MR) is 120 cm³/mol. The van der Waals surface area contributed by atoms with Gasteiger partial charge in [0, 0.05) is 31.7 Å². The van der Waals surface area contributed by atoms with Crippen molar-refractivity contribution >= 4 is 23.3 Å². The monoisotopic (exact) mass is 438 g/mol. The second kappa shape index (κ2) is 9.66. The number of aromatic nitrogens is 2. The van der Waals surface area contributed by atoms with E-state index in [1.807, 2.05) is 41.3 Å². The Kier molecular flexibility index (Phi) is 6.52. The summed E-state index contributed by atoms with van der Waals surface area (Å²) < 4.78 is 10.7. The zero-order chi connectivity index (χ0) is 21.6. The summed E-state index contributed by atoms with van der Waals surface area (Å²) in [4.78, 5) is 16.4. The Bertz CT molecular complexity index is 1020. The second-order valence-corrected chi connectivity index (χ2v) is 7.50. The molecule has 8 heteroatoms. The van der Waals surface area contributed by atoms with E-state index in [-0.39, 0.29) is 12.5 Å². The largest absolute Gasteiger partial charge is 0.497 e. The summed E-state index contributed by atoms with van der Waals surface area (Å²) in [7, 11) is 1.61. The van der Waals surface area contributed by atoms with Crippen molar-refractivity contribution in [3.05, 3.63) is 65.7 Å². The van der Waals surface area contributed by atoms with Gasteiger partial charge < -0.3 is 19.3 Å². The lowest BCUT2D eigenvalue weighted by Crippen LogP contribution is -2.50. The number of benzene rings is 2. The number of carbonyl (C=O) groups excluding carboxylic acids is 1. The molecule has 0 bridgehead atoms. The summed E-state index contributed by atoms with van der Waals surface area (Å²) >= 11 is 6.24. The van der Waals surface area contributed by atoms with Gasteiger partial charge in [0.1, 0.15) is 11.5 Å². The van der Waals surface area contributed by atoms with Crippen molar-refractivity contribution in [2.45, 2.75) is 0 Å². The van der Waals surface area contributed by atoms with Gasteiger partial charge in [0.25, 0.3) is 5.91 Å². The van der Waals surface area contributed by atoms with Crippen LogP contribution >= 0.6 is 11.6 Å². The number of hydrogen-bond acceptors (Lipinski definition) is 6. The third-order valence-electron chi connectivity index (χ3n) is 5.18. The van der Waals surface area contributed by atoms with Gasteiger partial charge in [0.05, 0.1) is 17.8 Å². The first kappa shape index (κ1) is 20.9. The summed E-state index contributed by atoms with van der Waals surface area (Å²) in [5.41, 5.74) is 1.59. The highest BCUT2D eigenvalue weighted by atomic mass is 35.5. The van der Waals surface area contributed by atoms with Gasteiger partial charge >= 0.3 is 0 Å². The molecule has 0 atom stereocenters. The fraction of sp³-hybridized carbons (Fsp3) is 0.261. The van der Waals surface area contributed by atoms with Crippen molar-refractivity contribution in [1.82, 2.24) is 15.1 Å². The maximum Gasteiger partial charge on any atom is 0.260 e. The lowest BCUT2D eigenvalue weighted by Gasteiger charge is -2.35. The minimum Gasteiger partial charge on any atom is -0.497 e. The fourth-order valence-corrected chi connectivity index (χ4v) is 3.63.